The minimum absolute atomic E-state index is 0.0181. The van der Waals surface area contributed by atoms with Gasteiger partial charge >= 0.3 is 0 Å². The van der Waals surface area contributed by atoms with Crippen LogP contribution in [0.25, 0.3) is 0 Å². The molecule has 1 aliphatic heterocycles. The standard InChI is InChI=1S/C16H16N2O2/c19-12-2-1-9-5-11-8-14-15(18-4-3-17-14)16(20)13(11)7-10(9)6-12/h3-4,8,11,13,17H,1-2,5-7H2. The largest absolute Gasteiger partial charge is 0.359 e. The number of allylic oxidation sites excluding steroid dienone is 4. The van der Waals surface area contributed by atoms with Gasteiger partial charge in [0, 0.05) is 31.2 Å². The van der Waals surface area contributed by atoms with Crippen molar-refractivity contribution in [3.8, 4) is 0 Å². The maximum atomic E-state index is 12.6. The Hall–Kier alpha value is -1.97. The van der Waals surface area contributed by atoms with E-state index < -0.39 is 0 Å². The predicted molar refractivity (Wildman–Crippen MR) is 74.9 cm³/mol. The first kappa shape index (κ1) is 11.8. The van der Waals surface area contributed by atoms with Gasteiger partial charge in [-0.15, -0.1) is 0 Å². The van der Waals surface area contributed by atoms with Gasteiger partial charge in [-0.1, -0.05) is 17.2 Å². The number of hydrogen-bond donors (Lipinski definition) is 1. The zero-order valence-electron chi connectivity index (χ0n) is 11.2. The van der Waals surface area contributed by atoms with E-state index in [-0.39, 0.29) is 17.6 Å². The zero-order valence-corrected chi connectivity index (χ0v) is 11.2. The number of Topliss-reactive ketones (excluding diaryl/α,β-unsaturated/α-hetero) is 2. The van der Waals surface area contributed by atoms with Gasteiger partial charge in [0.25, 0.3) is 0 Å². The number of rotatable bonds is 0. The summed E-state index contributed by atoms with van der Waals surface area (Å²) in [6, 6.07) is 0. The van der Waals surface area contributed by atoms with Crippen LogP contribution in [-0.4, -0.2) is 17.3 Å². The highest BCUT2D eigenvalue weighted by atomic mass is 16.1. The van der Waals surface area contributed by atoms with E-state index in [2.05, 4.69) is 16.4 Å². The number of hydrogen-bond acceptors (Lipinski definition) is 4. The van der Waals surface area contributed by atoms with Crippen LogP contribution in [0.3, 0.4) is 0 Å². The smallest absolute Gasteiger partial charge is 0.187 e. The van der Waals surface area contributed by atoms with Crippen molar-refractivity contribution in [3.05, 3.63) is 35.3 Å². The molecule has 0 bridgehead atoms. The van der Waals surface area contributed by atoms with Crippen LogP contribution in [0.1, 0.15) is 32.1 Å². The number of aliphatic imine (C=N–C) groups is 1. The molecule has 0 aromatic heterocycles. The molecular formula is C16H16N2O2. The Bertz CT molecular complexity index is 637. The van der Waals surface area contributed by atoms with Gasteiger partial charge in [-0.25, -0.2) is 4.99 Å². The predicted octanol–water partition coefficient (Wildman–Crippen LogP) is 2.04. The van der Waals surface area contributed by atoms with Crippen molar-refractivity contribution in [2.75, 3.05) is 0 Å². The van der Waals surface area contributed by atoms with Crippen LogP contribution >= 0.6 is 0 Å². The molecule has 20 heavy (non-hydrogen) atoms. The number of carbonyl (C=O) groups excluding carboxylic acids is 2. The number of fused-ring (bicyclic) bond motifs is 2. The van der Waals surface area contributed by atoms with Crippen molar-refractivity contribution in [3.63, 3.8) is 0 Å². The summed E-state index contributed by atoms with van der Waals surface area (Å²) in [5.74, 6) is 0.702. The summed E-state index contributed by atoms with van der Waals surface area (Å²) in [5.41, 5.74) is 4.06. The molecule has 0 aromatic carbocycles. The first-order chi connectivity index (χ1) is 9.72. The van der Waals surface area contributed by atoms with E-state index in [1.807, 2.05) is 0 Å². The van der Waals surface area contributed by atoms with Crippen molar-refractivity contribution < 1.29 is 9.59 Å². The normalized spacial score (nSPS) is 31.8. The summed E-state index contributed by atoms with van der Waals surface area (Å²) in [5, 5.41) is 3.12. The summed E-state index contributed by atoms with van der Waals surface area (Å²) >= 11 is 0. The lowest BCUT2D eigenvalue weighted by atomic mass is 9.67. The molecule has 0 saturated heterocycles. The lowest BCUT2D eigenvalue weighted by molar-refractivity contribution is -0.120. The Morgan fingerprint density at radius 3 is 2.95 bits per heavy atom. The van der Waals surface area contributed by atoms with Gasteiger partial charge < -0.3 is 5.32 Å². The molecule has 4 nitrogen and oxygen atoms in total. The monoisotopic (exact) mass is 268 g/mol. The second kappa shape index (κ2) is 4.27. The molecule has 0 amide bonds. The van der Waals surface area contributed by atoms with Crippen molar-refractivity contribution in [1.82, 2.24) is 5.32 Å². The quantitative estimate of drug-likeness (QED) is 0.684. The second-order valence-electron chi connectivity index (χ2n) is 5.98. The third-order valence-corrected chi connectivity index (χ3v) is 4.80. The molecule has 0 radical (unpaired) electrons. The first-order valence-electron chi connectivity index (χ1n) is 7.19. The van der Waals surface area contributed by atoms with E-state index in [0.717, 1.165) is 25.0 Å². The molecule has 3 aliphatic carbocycles. The van der Waals surface area contributed by atoms with Gasteiger partial charge in [-0.3, -0.25) is 9.59 Å². The van der Waals surface area contributed by atoms with E-state index in [0.29, 0.717) is 24.3 Å². The molecule has 0 fully saturated rings. The van der Waals surface area contributed by atoms with Crippen LogP contribution in [0, 0.1) is 11.8 Å². The summed E-state index contributed by atoms with van der Waals surface area (Å²) < 4.78 is 0. The zero-order chi connectivity index (χ0) is 13.7. The topological polar surface area (TPSA) is 58.5 Å². The van der Waals surface area contributed by atoms with Crippen molar-refractivity contribution >= 4 is 17.3 Å². The summed E-state index contributed by atoms with van der Waals surface area (Å²) in [4.78, 5) is 28.4. The fourth-order valence-corrected chi connectivity index (χ4v) is 3.78. The van der Waals surface area contributed by atoms with Crippen LogP contribution < -0.4 is 5.32 Å². The molecule has 2 unspecified atom stereocenters. The van der Waals surface area contributed by atoms with Crippen LogP contribution in [0.4, 0.5) is 0 Å². The number of nitrogens with one attached hydrogen (secondary N) is 1. The Labute approximate surface area is 117 Å². The van der Waals surface area contributed by atoms with Crippen molar-refractivity contribution in [2.24, 2.45) is 16.8 Å². The van der Waals surface area contributed by atoms with E-state index in [4.69, 9.17) is 0 Å². The fourth-order valence-electron chi connectivity index (χ4n) is 3.78. The molecule has 4 aliphatic rings. The minimum atomic E-state index is -0.0181. The highest BCUT2D eigenvalue weighted by molar-refractivity contribution is 6.47. The van der Waals surface area contributed by atoms with E-state index >= 15 is 0 Å². The van der Waals surface area contributed by atoms with Gasteiger partial charge in [0.15, 0.2) is 5.78 Å². The number of nitrogens with zero attached hydrogens (tertiary/aromatic N) is 1. The maximum absolute atomic E-state index is 12.6. The van der Waals surface area contributed by atoms with Gasteiger partial charge in [0.2, 0.25) is 0 Å². The average molecular weight is 268 g/mol. The molecule has 4 heteroatoms. The lowest BCUT2D eigenvalue weighted by Crippen LogP contribution is -2.41. The summed E-state index contributed by atoms with van der Waals surface area (Å²) in [6.07, 6.45) is 9.36. The van der Waals surface area contributed by atoms with Gasteiger partial charge in [0.05, 0.1) is 5.70 Å². The first-order valence-corrected chi connectivity index (χ1v) is 7.19. The van der Waals surface area contributed by atoms with Gasteiger partial charge in [-0.05, 0) is 25.2 Å². The molecule has 2 atom stereocenters. The van der Waals surface area contributed by atoms with Crippen molar-refractivity contribution in [1.29, 1.82) is 0 Å². The third kappa shape index (κ3) is 1.71. The van der Waals surface area contributed by atoms with Crippen LogP contribution in [0.15, 0.2) is 40.3 Å². The molecule has 1 N–H and O–H groups in total. The number of carbonyl (C=O) groups is 2. The van der Waals surface area contributed by atoms with E-state index in [9.17, 15) is 9.59 Å². The van der Waals surface area contributed by atoms with Crippen LogP contribution in [-0.2, 0) is 9.59 Å². The maximum Gasteiger partial charge on any atom is 0.187 e. The van der Waals surface area contributed by atoms with Crippen molar-refractivity contribution in [2.45, 2.75) is 32.1 Å². The Morgan fingerprint density at radius 1 is 1.15 bits per heavy atom. The Kier molecular flexibility index (Phi) is 2.52. The molecule has 1 heterocycles. The fraction of sp³-hybridized carbons (Fsp3) is 0.438. The van der Waals surface area contributed by atoms with Gasteiger partial charge in [0.1, 0.15) is 11.5 Å². The molecule has 102 valence electrons. The van der Waals surface area contributed by atoms with Crippen LogP contribution in [0.5, 0.6) is 0 Å². The average Bonchev–Trinajstić information content (AvgIpc) is 2.46. The highest BCUT2D eigenvalue weighted by Crippen LogP contribution is 2.43. The van der Waals surface area contributed by atoms with Gasteiger partial charge in [-0.2, -0.15) is 0 Å². The number of ketones is 2. The summed E-state index contributed by atoms with van der Waals surface area (Å²) in [7, 11) is 0. The SMILES string of the molecule is O=C1CCC2=C(C1)CC1C(=O)C3=NC=CNC3=CC1C2. The minimum Gasteiger partial charge on any atom is -0.359 e. The molecule has 0 aromatic rings. The molecule has 4 rings (SSSR count). The lowest BCUT2D eigenvalue weighted by Gasteiger charge is -2.37. The molecule has 0 saturated carbocycles. The Balaban J connectivity index is 1.71. The van der Waals surface area contributed by atoms with Crippen LogP contribution in [0.2, 0.25) is 0 Å². The highest BCUT2D eigenvalue weighted by Gasteiger charge is 2.41. The summed E-state index contributed by atoms with van der Waals surface area (Å²) in [6.45, 7) is 0. The molecule has 0 spiro atoms. The van der Waals surface area contributed by atoms with E-state index in [1.54, 1.807) is 12.4 Å². The van der Waals surface area contributed by atoms with E-state index in [1.165, 1.54) is 11.1 Å². The third-order valence-electron chi connectivity index (χ3n) is 4.80. The Morgan fingerprint density at radius 2 is 2.05 bits per heavy atom. The molecular weight excluding hydrogens is 252 g/mol. The second-order valence-corrected chi connectivity index (χ2v) is 5.98.